The van der Waals surface area contributed by atoms with Crippen molar-refractivity contribution in [2.75, 3.05) is 91.8 Å². The minimum atomic E-state index is -0.182. The highest BCUT2D eigenvalue weighted by Crippen LogP contribution is 2.31. The number of carbonyl (C=O) groups is 2. The molecule has 3 N–H and O–H groups in total. The number of likely N-dealkylation sites (N-methyl/N-ethyl adjacent to an activating group) is 1. The van der Waals surface area contributed by atoms with Gasteiger partial charge in [0, 0.05) is 89.1 Å². The summed E-state index contributed by atoms with van der Waals surface area (Å²) in [6, 6.07) is 14.0. The van der Waals surface area contributed by atoms with Gasteiger partial charge in [-0.25, -0.2) is 9.97 Å². The molecule has 0 saturated carbocycles. The Hall–Kier alpha value is -4.38. The van der Waals surface area contributed by atoms with E-state index in [-0.39, 0.29) is 18.4 Å². The summed E-state index contributed by atoms with van der Waals surface area (Å²) in [5.74, 6) is 1.97. The van der Waals surface area contributed by atoms with Crippen LogP contribution in [0.5, 0.6) is 0 Å². The topological polar surface area (TPSA) is 114 Å². The van der Waals surface area contributed by atoms with E-state index >= 15 is 0 Å². The maximum Gasteiger partial charge on any atom is 0.252 e. The van der Waals surface area contributed by atoms with Gasteiger partial charge in [0.05, 0.1) is 12.1 Å². The molecule has 11 nitrogen and oxygen atoms in total. The molecule has 0 spiro atoms. The molecular weight excluding hydrogens is 518 g/mol. The van der Waals surface area contributed by atoms with Crippen LogP contribution in [-0.2, 0) is 17.8 Å². The smallest absolute Gasteiger partial charge is 0.252 e. The van der Waals surface area contributed by atoms with E-state index in [1.807, 2.05) is 15.9 Å². The van der Waals surface area contributed by atoms with E-state index < -0.39 is 0 Å². The Morgan fingerprint density at radius 3 is 2.34 bits per heavy atom. The maximum atomic E-state index is 13.2. The van der Waals surface area contributed by atoms with Crippen molar-refractivity contribution < 1.29 is 9.59 Å². The average molecular weight is 556 g/mol. The standard InChI is InChI=1S/C30H37N9O2/c1-32-30(41)22-4-6-27(33-18-22)38-13-14-39(29(40)20-38)24-5-3-21-7-8-37(19-23(21)15-24)28-17-25(16-26(31)34-28)36-11-9-35(2)10-12-36/h3-6,15-18H,7-14,19-20H2,1-2H3,(H2,31,34)(H,32,41). The number of amides is 2. The molecule has 2 saturated heterocycles. The Bertz CT molecular complexity index is 1440. The van der Waals surface area contributed by atoms with Gasteiger partial charge < -0.3 is 35.6 Å². The number of piperazine rings is 2. The summed E-state index contributed by atoms with van der Waals surface area (Å²) >= 11 is 0. The van der Waals surface area contributed by atoms with E-state index in [1.54, 1.807) is 25.4 Å². The van der Waals surface area contributed by atoms with E-state index in [9.17, 15) is 9.59 Å². The lowest BCUT2D eigenvalue weighted by Crippen LogP contribution is -2.51. The number of pyridine rings is 2. The van der Waals surface area contributed by atoms with Crippen molar-refractivity contribution in [2.24, 2.45) is 0 Å². The van der Waals surface area contributed by atoms with Crippen LogP contribution in [0.4, 0.5) is 28.8 Å². The molecule has 0 bridgehead atoms. The van der Waals surface area contributed by atoms with Gasteiger partial charge in [-0.05, 0) is 48.9 Å². The highest BCUT2D eigenvalue weighted by Gasteiger charge is 2.28. The third-order valence-corrected chi connectivity index (χ3v) is 8.30. The summed E-state index contributed by atoms with van der Waals surface area (Å²) in [5, 5.41) is 2.60. The number of hydrogen-bond donors (Lipinski definition) is 2. The van der Waals surface area contributed by atoms with Crippen LogP contribution in [0, 0.1) is 0 Å². The lowest BCUT2D eigenvalue weighted by molar-refractivity contribution is -0.117. The molecular formula is C30H37N9O2. The Labute approximate surface area is 240 Å². The quantitative estimate of drug-likeness (QED) is 0.484. The average Bonchev–Trinajstić information content (AvgIpc) is 3.00. The zero-order valence-corrected chi connectivity index (χ0v) is 23.7. The van der Waals surface area contributed by atoms with Crippen LogP contribution in [0.25, 0.3) is 0 Å². The lowest BCUT2D eigenvalue weighted by atomic mass is 9.98. The fourth-order valence-electron chi connectivity index (χ4n) is 5.83. The van der Waals surface area contributed by atoms with Crippen molar-refractivity contribution in [3.63, 3.8) is 0 Å². The van der Waals surface area contributed by atoms with Crippen molar-refractivity contribution in [1.29, 1.82) is 0 Å². The number of rotatable bonds is 5. The van der Waals surface area contributed by atoms with Gasteiger partial charge in [0.25, 0.3) is 5.91 Å². The number of nitrogens with two attached hydrogens (primary N) is 1. The van der Waals surface area contributed by atoms with E-state index in [0.717, 1.165) is 62.9 Å². The molecule has 3 aliphatic heterocycles. The molecule has 2 amide bonds. The number of carbonyl (C=O) groups excluding carboxylic acids is 2. The molecule has 2 aromatic heterocycles. The number of nitrogens with zero attached hydrogens (tertiary/aromatic N) is 7. The molecule has 3 aliphatic rings. The van der Waals surface area contributed by atoms with Crippen molar-refractivity contribution >= 4 is 40.6 Å². The molecule has 5 heterocycles. The molecule has 41 heavy (non-hydrogen) atoms. The molecule has 6 rings (SSSR count). The van der Waals surface area contributed by atoms with E-state index in [2.05, 4.69) is 56.3 Å². The second-order valence-corrected chi connectivity index (χ2v) is 11.0. The molecule has 0 unspecified atom stereocenters. The van der Waals surface area contributed by atoms with Crippen LogP contribution in [0.15, 0.2) is 48.7 Å². The predicted octanol–water partition coefficient (Wildman–Crippen LogP) is 1.59. The van der Waals surface area contributed by atoms with Crippen molar-refractivity contribution in [2.45, 2.75) is 13.0 Å². The van der Waals surface area contributed by atoms with Gasteiger partial charge in [-0.15, -0.1) is 0 Å². The summed E-state index contributed by atoms with van der Waals surface area (Å²) in [6.07, 6.45) is 2.46. The summed E-state index contributed by atoms with van der Waals surface area (Å²) in [7, 11) is 3.74. The van der Waals surface area contributed by atoms with Crippen LogP contribution >= 0.6 is 0 Å². The van der Waals surface area contributed by atoms with Gasteiger partial charge in [0.1, 0.15) is 17.5 Å². The number of anilines is 5. The Morgan fingerprint density at radius 2 is 1.61 bits per heavy atom. The molecule has 0 atom stereocenters. The number of benzene rings is 1. The minimum Gasteiger partial charge on any atom is -0.384 e. The zero-order valence-electron chi connectivity index (χ0n) is 23.7. The number of nitrogen functional groups attached to an aromatic ring is 1. The van der Waals surface area contributed by atoms with Gasteiger partial charge in [0.2, 0.25) is 5.91 Å². The van der Waals surface area contributed by atoms with Crippen LogP contribution in [0.3, 0.4) is 0 Å². The second-order valence-electron chi connectivity index (χ2n) is 11.0. The normalized spacial score (nSPS) is 18.0. The number of aromatic nitrogens is 2. The first kappa shape index (κ1) is 26.8. The first-order valence-corrected chi connectivity index (χ1v) is 14.2. The third-order valence-electron chi connectivity index (χ3n) is 8.30. The van der Waals surface area contributed by atoms with Crippen molar-refractivity contribution in [3.8, 4) is 0 Å². The van der Waals surface area contributed by atoms with E-state index in [4.69, 9.17) is 10.7 Å². The van der Waals surface area contributed by atoms with E-state index in [0.29, 0.717) is 30.3 Å². The second kappa shape index (κ2) is 11.2. The third kappa shape index (κ3) is 5.62. The summed E-state index contributed by atoms with van der Waals surface area (Å²) < 4.78 is 0. The zero-order chi connectivity index (χ0) is 28.5. The predicted molar refractivity (Wildman–Crippen MR) is 162 cm³/mol. The van der Waals surface area contributed by atoms with Crippen molar-refractivity contribution in [1.82, 2.24) is 20.2 Å². The monoisotopic (exact) mass is 555 g/mol. The number of fused-ring (bicyclic) bond motifs is 1. The Morgan fingerprint density at radius 1 is 0.829 bits per heavy atom. The van der Waals surface area contributed by atoms with Crippen LogP contribution in [0.2, 0.25) is 0 Å². The Balaban J connectivity index is 1.15. The van der Waals surface area contributed by atoms with Gasteiger partial charge in [-0.2, -0.15) is 0 Å². The molecule has 3 aromatic rings. The summed E-state index contributed by atoms with van der Waals surface area (Å²) in [4.78, 5) is 45.0. The van der Waals surface area contributed by atoms with E-state index in [1.165, 1.54) is 11.1 Å². The number of nitrogens with one attached hydrogen (secondary N) is 1. The summed E-state index contributed by atoms with van der Waals surface area (Å²) in [5.41, 5.74) is 11.3. The van der Waals surface area contributed by atoms with Crippen LogP contribution in [-0.4, -0.2) is 93.1 Å². The Kier molecular flexibility index (Phi) is 7.36. The number of hydrogen-bond acceptors (Lipinski definition) is 9. The van der Waals surface area contributed by atoms with Gasteiger partial charge >= 0.3 is 0 Å². The van der Waals surface area contributed by atoms with Gasteiger partial charge in [0.15, 0.2) is 0 Å². The first-order valence-electron chi connectivity index (χ1n) is 14.2. The van der Waals surface area contributed by atoms with Crippen LogP contribution in [0.1, 0.15) is 21.5 Å². The molecule has 214 valence electrons. The highest BCUT2D eigenvalue weighted by atomic mass is 16.2. The molecule has 0 aliphatic carbocycles. The molecule has 2 fully saturated rings. The van der Waals surface area contributed by atoms with Gasteiger partial charge in [-0.1, -0.05) is 6.07 Å². The lowest BCUT2D eigenvalue weighted by Gasteiger charge is -2.36. The van der Waals surface area contributed by atoms with Gasteiger partial charge in [-0.3, -0.25) is 9.59 Å². The SMILES string of the molecule is CNC(=O)c1ccc(N2CCN(c3ccc4c(c3)CN(c3cc(N5CCN(C)CC5)cc(N)n3)CC4)C(=O)C2)nc1. The largest absolute Gasteiger partial charge is 0.384 e. The fourth-order valence-corrected chi connectivity index (χ4v) is 5.83. The highest BCUT2D eigenvalue weighted by molar-refractivity contribution is 5.98. The molecule has 1 aromatic carbocycles. The maximum absolute atomic E-state index is 13.2. The first-order chi connectivity index (χ1) is 19.9. The summed E-state index contributed by atoms with van der Waals surface area (Å²) in [6.45, 7) is 7.06. The minimum absolute atomic E-state index is 0.0235. The molecule has 0 radical (unpaired) electrons. The van der Waals surface area contributed by atoms with Crippen molar-refractivity contribution in [3.05, 3.63) is 65.4 Å². The molecule has 11 heteroatoms. The fraction of sp³-hybridized carbons (Fsp3) is 0.400. The van der Waals surface area contributed by atoms with Crippen LogP contribution < -0.4 is 30.7 Å².